The van der Waals surface area contributed by atoms with Crippen LogP contribution in [-0.2, 0) is 11.8 Å². The van der Waals surface area contributed by atoms with Gasteiger partial charge in [0.15, 0.2) is 0 Å². The average Bonchev–Trinajstić information content (AvgIpc) is 3.30. The average molecular weight is 579 g/mol. The van der Waals surface area contributed by atoms with Crippen LogP contribution in [0.15, 0.2) is 55.3 Å². The molecule has 0 aliphatic rings. The molecule has 4 aromatic rings. The molecule has 1 unspecified atom stereocenters. The number of alkyl halides is 3. The molecule has 2 heterocycles. The van der Waals surface area contributed by atoms with Gasteiger partial charge in [-0.25, -0.2) is 18.2 Å². The lowest BCUT2D eigenvalue weighted by molar-refractivity contribution is -0.111. The van der Waals surface area contributed by atoms with E-state index >= 15 is 0 Å². The molecule has 0 aliphatic heterocycles. The molecule has 0 radical (unpaired) electrons. The van der Waals surface area contributed by atoms with Gasteiger partial charge in [-0.15, -0.1) is 0 Å². The number of nitrogen functional groups attached to an aromatic ring is 1. The minimum absolute atomic E-state index is 0.0353. The highest BCUT2D eigenvalue weighted by atomic mass is 19.3. The number of carbonyl (C=O) groups excluding carboxylic acids is 2. The normalized spacial score (nSPS) is 11.6. The highest BCUT2D eigenvalue weighted by molar-refractivity contribution is 6.12. The number of anilines is 2. The SMILES string of the molecule is C=CC(=O)Nc1ccc(-c2c(-c3ccc(C(=O)NC(F)C(F)F)c(OC)c3)c3c(N)ncc(C#N)c3n2C)c(OC)c1. The topological polar surface area (TPSA) is 144 Å². The van der Waals surface area contributed by atoms with E-state index in [1.807, 2.05) is 0 Å². The fourth-order valence-electron chi connectivity index (χ4n) is 4.64. The molecule has 42 heavy (non-hydrogen) atoms. The van der Waals surface area contributed by atoms with E-state index in [1.54, 1.807) is 35.1 Å². The number of methoxy groups -OCH3 is 2. The van der Waals surface area contributed by atoms with Crippen molar-refractivity contribution in [2.24, 2.45) is 7.05 Å². The van der Waals surface area contributed by atoms with Crippen molar-refractivity contribution in [3.05, 3.63) is 66.4 Å². The summed E-state index contributed by atoms with van der Waals surface area (Å²) in [5.74, 6) is -1.09. The number of amides is 2. The van der Waals surface area contributed by atoms with Crippen LogP contribution in [0.25, 0.3) is 33.3 Å². The third-order valence-corrected chi connectivity index (χ3v) is 6.49. The molecule has 10 nitrogen and oxygen atoms in total. The molecule has 4 N–H and O–H groups in total. The van der Waals surface area contributed by atoms with E-state index in [4.69, 9.17) is 15.2 Å². The Kier molecular flexibility index (Phi) is 8.37. The summed E-state index contributed by atoms with van der Waals surface area (Å²) >= 11 is 0. The Hall–Kier alpha value is -5.51. The quantitative estimate of drug-likeness (QED) is 0.191. The minimum atomic E-state index is -3.41. The van der Waals surface area contributed by atoms with Gasteiger partial charge in [0.25, 0.3) is 12.3 Å². The number of benzene rings is 2. The first-order valence-electron chi connectivity index (χ1n) is 12.3. The molecule has 2 aromatic heterocycles. The third kappa shape index (κ3) is 5.29. The van der Waals surface area contributed by atoms with Crippen molar-refractivity contribution in [3.8, 4) is 40.0 Å². The Morgan fingerprint density at radius 3 is 2.48 bits per heavy atom. The zero-order valence-electron chi connectivity index (χ0n) is 22.7. The van der Waals surface area contributed by atoms with Gasteiger partial charge in [0.1, 0.15) is 23.4 Å². The van der Waals surface area contributed by atoms with Gasteiger partial charge in [-0.05, 0) is 35.9 Å². The summed E-state index contributed by atoms with van der Waals surface area (Å²) in [5, 5.41) is 14.5. The number of rotatable bonds is 9. The molecular formula is C29H25F3N6O4. The molecule has 0 bridgehead atoms. The number of halogens is 3. The van der Waals surface area contributed by atoms with E-state index in [9.17, 15) is 28.0 Å². The second-order valence-corrected chi connectivity index (χ2v) is 8.91. The largest absolute Gasteiger partial charge is 0.496 e. The maximum absolute atomic E-state index is 13.6. The van der Waals surface area contributed by atoms with Crippen molar-refractivity contribution in [2.75, 3.05) is 25.3 Å². The van der Waals surface area contributed by atoms with E-state index in [-0.39, 0.29) is 22.7 Å². The van der Waals surface area contributed by atoms with Crippen LogP contribution in [0.4, 0.5) is 24.7 Å². The second-order valence-electron chi connectivity index (χ2n) is 8.91. The summed E-state index contributed by atoms with van der Waals surface area (Å²) in [5.41, 5.74) is 9.29. The maximum Gasteiger partial charge on any atom is 0.287 e. The molecule has 0 aliphatic carbocycles. The fourth-order valence-corrected chi connectivity index (χ4v) is 4.64. The van der Waals surface area contributed by atoms with Gasteiger partial charge in [0.2, 0.25) is 12.2 Å². The number of nitrogens with zero attached hydrogens (tertiary/aromatic N) is 3. The minimum Gasteiger partial charge on any atom is -0.496 e. The molecule has 2 aromatic carbocycles. The van der Waals surface area contributed by atoms with Gasteiger partial charge < -0.3 is 30.4 Å². The van der Waals surface area contributed by atoms with E-state index in [2.05, 4.69) is 22.9 Å². The lowest BCUT2D eigenvalue weighted by Gasteiger charge is -2.16. The number of ether oxygens (including phenoxy) is 2. The first-order chi connectivity index (χ1) is 20.1. The highest BCUT2D eigenvalue weighted by Crippen LogP contribution is 2.47. The van der Waals surface area contributed by atoms with Crippen LogP contribution in [0.5, 0.6) is 11.5 Å². The zero-order chi connectivity index (χ0) is 30.7. The molecule has 0 saturated carbocycles. The van der Waals surface area contributed by atoms with E-state index in [0.29, 0.717) is 44.7 Å². The summed E-state index contributed by atoms with van der Waals surface area (Å²) in [6, 6.07) is 11.4. The highest BCUT2D eigenvalue weighted by Gasteiger charge is 2.28. The van der Waals surface area contributed by atoms with Gasteiger partial charge >= 0.3 is 0 Å². The molecule has 0 saturated heterocycles. The standard InChI is InChI=1S/C29H25F3N6O4/c1-5-21(39)36-16-7-9-17(20(11-16)42-4)25-22(23-24(38(25)2)15(12-33)13-35-28(23)34)14-6-8-18(19(10-14)41-3)29(40)37-27(32)26(30)31/h5-11,13,26-27H,1H2,2-4H3,(H2,34,35)(H,36,39)(H,37,40). The number of hydrogen-bond acceptors (Lipinski definition) is 7. The third-order valence-electron chi connectivity index (χ3n) is 6.49. The van der Waals surface area contributed by atoms with Crippen LogP contribution in [0.1, 0.15) is 15.9 Å². The maximum atomic E-state index is 13.6. The van der Waals surface area contributed by atoms with Crippen molar-refractivity contribution >= 4 is 34.2 Å². The van der Waals surface area contributed by atoms with Crippen LogP contribution >= 0.6 is 0 Å². The summed E-state index contributed by atoms with van der Waals surface area (Å²) in [4.78, 5) is 28.6. The van der Waals surface area contributed by atoms with Gasteiger partial charge in [-0.3, -0.25) is 9.59 Å². The molecule has 2 amide bonds. The van der Waals surface area contributed by atoms with Crippen molar-refractivity contribution in [3.63, 3.8) is 0 Å². The number of fused-ring (bicyclic) bond motifs is 1. The molecule has 4 rings (SSSR count). The summed E-state index contributed by atoms with van der Waals surface area (Å²) in [7, 11) is 4.44. The van der Waals surface area contributed by atoms with Gasteiger partial charge in [0.05, 0.1) is 41.9 Å². The summed E-state index contributed by atoms with van der Waals surface area (Å²) < 4.78 is 51.7. The van der Waals surface area contributed by atoms with Crippen molar-refractivity contribution in [1.29, 1.82) is 5.26 Å². The molecule has 0 fully saturated rings. The fraction of sp³-hybridized carbons (Fsp3) is 0.172. The number of nitriles is 1. The van der Waals surface area contributed by atoms with E-state index in [0.717, 1.165) is 6.08 Å². The first kappa shape index (κ1) is 29.5. The lowest BCUT2D eigenvalue weighted by Crippen LogP contribution is -2.36. The summed E-state index contributed by atoms with van der Waals surface area (Å²) in [6.45, 7) is 3.44. The van der Waals surface area contributed by atoms with Crippen LogP contribution in [-0.4, -0.2) is 48.3 Å². The Bertz CT molecular complexity index is 1760. The van der Waals surface area contributed by atoms with Crippen LogP contribution in [0, 0.1) is 11.3 Å². The van der Waals surface area contributed by atoms with Crippen molar-refractivity contribution in [1.82, 2.24) is 14.9 Å². The molecule has 13 heteroatoms. The monoisotopic (exact) mass is 578 g/mol. The van der Waals surface area contributed by atoms with E-state index in [1.165, 1.54) is 38.6 Å². The summed E-state index contributed by atoms with van der Waals surface area (Å²) in [6.07, 6.45) is -3.80. The smallest absolute Gasteiger partial charge is 0.287 e. The molecule has 216 valence electrons. The van der Waals surface area contributed by atoms with Crippen molar-refractivity contribution < 1.29 is 32.2 Å². The van der Waals surface area contributed by atoms with Crippen molar-refractivity contribution in [2.45, 2.75) is 12.7 Å². The number of carbonyl (C=O) groups is 2. The second kappa shape index (κ2) is 11.9. The van der Waals surface area contributed by atoms with Gasteiger partial charge in [0, 0.05) is 36.1 Å². The predicted molar refractivity (Wildman–Crippen MR) is 151 cm³/mol. The Balaban J connectivity index is 2.01. The molecule has 0 spiro atoms. The number of aryl methyl sites for hydroxylation is 1. The Morgan fingerprint density at radius 1 is 1.14 bits per heavy atom. The number of nitrogens with two attached hydrogens (primary N) is 1. The molecular weight excluding hydrogens is 553 g/mol. The number of aromatic nitrogens is 2. The number of nitrogens with one attached hydrogen (secondary N) is 2. The predicted octanol–water partition coefficient (Wildman–Crippen LogP) is 4.79. The Morgan fingerprint density at radius 2 is 1.86 bits per heavy atom. The van der Waals surface area contributed by atoms with Gasteiger partial charge in [-0.1, -0.05) is 12.6 Å². The lowest BCUT2D eigenvalue weighted by atomic mass is 9.96. The van der Waals surface area contributed by atoms with E-state index < -0.39 is 24.5 Å². The van der Waals surface area contributed by atoms with Crippen LogP contribution < -0.4 is 25.8 Å². The molecule has 1 atom stereocenters. The van der Waals surface area contributed by atoms with Crippen LogP contribution in [0.2, 0.25) is 0 Å². The van der Waals surface area contributed by atoms with Gasteiger partial charge in [-0.2, -0.15) is 5.26 Å². The number of hydrogen-bond donors (Lipinski definition) is 3. The zero-order valence-corrected chi connectivity index (χ0v) is 22.7. The number of pyridine rings is 1. The first-order valence-corrected chi connectivity index (χ1v) is 12.3. The Labute approximate surface area is 238 Å². The van der Waals surface area contributed by atoms with Crippen LogP contribution in [0.3, 0.4) is 0 Å².